The second-order valence-corrected chi connectivity index (χ2v) is 8.08. The van der Waals surface area contributed by atoms with Gasteiger partial charge in [0.1, 0.15) is 6.10 Å². The van der Waals surface area contributed by atoms with Crippen LogP contribution in [0.5, 0.6) is 5.88 Å². The number of pyridine rings is 1. The summed E-state index contributed by atoms with van der Waals surface area (Å²) in [7, 11) is 0. The highest BCUT2D eigenvalue weighted by atomic mass is 16.5. The Balaban J connectivity index is 1.48. The van der Waals surface area contributed by atoms with Crippen LogP contribution in [-0.4, -0.2) is 38.7 Å². The second kappa shape index (κ2) is 8.38. The second-order valence-electron chi connectivity index (χ2n) is 8.08. The summed E-state index contributed by atoms with van der Waals surface area (Å²) in [6.07, 6.45) is 10.5. The average Bonchev–Trinajstić information content (AvgIpc) is 3.15. The van der Waals surface area contributed by atoms with E-state index in [1.807, 2.05) is 12.1 Å². The van der Waals surface area contributed by atoms with Crippen LogP contribution in [0, 0.1) is 5.92 Å². The molecule has 6 heteroatoms. The first-order valence-electron chi connectivity index (χ1n) is 10.4. The lowest BCUT2D eigenvalue weighted by Crippen LogP contribution is -2.41. The van der Waals surface area contributed by atoms with E-state index in [0.717, 1.165) is 24.9 Å². The molecule has 0 aromatic carbocycles. The standard InChI is InChI=1S/C21H30N4O2/c1-15-8-7-13-25(16(15)2)14-19-23-20(24-27-19)18-11-6-12-22-21(18)26-17-9-4-3-5-10-17/h6,11-12,15-17H,3-5,7-10,13-14H2,1-2H3/t15-,16-/m0/s1. The van der Waals surface area contributed by atoms with Crippen molar-refractivity contribution in [3.8, 4) is 17.3 Å². The van der Waals surface area contributed by atoms with Gasteiger partial charge < -0.3 is 9.26 Å². The van der Waals surface area contributed by atoms with Gasteiger partial charge in [0, 0.05) is 12.2 Å². The van der Waals surface area contributed by atoms with Crippen LogP contribution < -0.4 is 4.74 Å². The summed E-state index contributed by atoms with van der Waals surface area (Å²) < 4.78 is 11.8. The van der Waals surface area contributed by atoms with E-state index in [1.165, 1.54) is 32.1 Å². The summed E-state index contributed by atoms with van der Waals surface area (Å²) in [5.41, 5.74) is 0.818. The third-order valence-corrected chi connectivity index (χ3v) is 6.15. The van der Waals surface area contributed by atoms with Crippen LogP contribution in [-0.2, 0) is 6.54 Å². The predicted octanol–water partition coefficient (Wildman–Crippen LogP) is 4.46. The van der Waals surface area contributed by atoms with Crippen LogP contribution in [0.25, 0.3) is 11.4 Å². The SMILES string of the molecule is C[C@H]1CCCN(Cc2nc(-c3cccnc3OC3CCCCC3)no2)[C@H]1C. The Hall–Kier alpha value is -1.95. The van der Waals surface area contributed by atoms with Crippen molar-refractivity contribution >= 4 is 0 Å². The zero-order chi connectivity index (χ0) is 18.6. The molecule has 2 aromatic heterocycles. The lowest BCUT2D eigenvalue weighted by Gasteiger charge is -2.36. The van der Waals surface area contributed by atoms with Gasteiger partial charge in [-0.25, -0.2) is 4.98 Å². The van der Waals surface area contributed by atoms with Gasteiger partial charge in [-0.1, -0.05) is 18.5 Å². The molecular weight excluding hydrogens is 340 g/mol. The maximum Gasteiger partial charge on any atom is 0.241 e. The molecule has 2 aromatic rings. The first-order chi connectivity index (χ1) is 13.2. The van der Waals surface area contributed by atoms with Crippen LogP contribution in [0.15, 0.2) is 22.9 Å². The lowest BCUT2D eigenvalue weighted by molar-refractivity contribution is 0.0940. The molecule has 1 saturated carbocycles. The Bertz CT molecular complexity index is 741. The van der Waals surface area contributed by atoms with E-state index in [0.29, 0.717) is 36.1 Å². The minimum atomic E-state index is 0.245. The fourth-order valence-electron chi connectivity index (χ4n) is 4.24. The van der Waals surface area contributed by atoms with Gasteiger partial charge in [0.15, 0.2) is 0 Å². The minimum absolute atomic E-state index is 0.245. The Morgan fingerprint density at radius 3 is 2.85 bits per heavy atom. The number of ether oxygens (including phenoxy) is 1. The number of rotatable bonds is 5. The van der Waals surface area contributed by atoms with E-state index in [4.69, 9.17) is 9.26 Å². The van der Waals surface area contributed by atoms with Crippen LogP contribution in [0.2, 0.25) is 0 Å². The minimum Gasteiger partial charge on any atom is -0.474 e. The summed E-state index contributed by atoms with van der Waals surface area (Å²) in [5, 5.41) is 4.22. The fourth-order valence-corrected chi connectivity index (χ4v) is 4.24. The Morgan fingerprint density at radius 1 is 1.15 bits per heavy atom. The molecule has 1 saturated heterocycles. The number of hydrogen-bond acceptors (Lipinski definition) is 6. The molecule has 2 aliphatic rings. The fraction of sp³-hybridized carbons (Fsp3) is 0.667. The molecule has 6 nitrogen and oxygen atoms in total. The zero-order valence-corrected chi connectivity index (χ0v) is 16.4. The maximum atomic E-state index is 6.19. The molecule has 3 heterocycles. The van der Waals surface area contributed by atoms with Gasteiger partial charge in [-0.05, 0) is 70.0 Å². The van der Waals surface area contributed by atoms with E-state index in [-0.39, 0.29) is 6.10 Å². The van der Waals surface area contributed by atoms with Gasteiger partial charge >= 0.3 is 0 Å². The topological polar surface area (TPSA) is 64.3 Å². The van der Waals surface area contributed by atoms with Crippen LogP contribution in [0.4, 0.5) is 0 Å². The van der Waals surface area contributed by atoms with E-state index in [2.05, 4.69) is 33.9 Å². The molecule has 1 aliphatic carbocycles. The highest BCUT2D eigenvalue weighted by Gasteiger charge is 2.26. The number of nitrogens with zero attached hydrogens (tertiary/aromatic N) is 4. The van der Waals surface area contributed by atoms with E-state index in [9.17, 15) is 0 Å². The molecule has 27 heavy (non-hydrogen) atoms. The molecular formula is C21H30N4O2. The van der Waals surface area contributed by atoms with Gasteiger partial charge in [0.25, 0.3) is 0 Å². The summed E-state index contributed by atoms with van der Waals surface area (Å²) in [6.45, 7) is 6.41. The highest BCUT2D eigenvalue weighted by molar-refractivity contribution is 5.60. The highest BCUT2D eigenvalue weighted by Crippen LogP contribution is 2.30. The Labute approximate surface area is 161 Å². The molecule has 0 amide bonds. The number of piperidine rings is 1. The summed E-state index contributed by atoms with van der Waals surface area (Å²) in [5.74, 6) is 2.56. The number of likely N-dealkylation sites (tertiary alicyclic amines) is 1. The van der Waals surface area contributed by atoms with Crippen molar-refractivity contribution in [2.75, 3.05) is 6.54 Å². The third-order valence-electron chi connectivity index (χ3n) is 6.15. The number of aromatic nitrogens is 3. The van der Waals surface area contributed by atoms with Crippen molar-refractivity contribution in [2.45, 2.75) is 77.5 Å². The van der Waals surface area contributed by atoms with Gasteiger partial charge in [0.05, 0.1) is 12.1 Å². The molecule has 0 unspecified atom stereocenters. The van der Waals surface area contributed by atoms with Crippen molar-refractivity contribution < 1.29 is 9.26 Å². The molecule has 146 valence electrons. The monoisotopic (exact) mass is 370 g/mol. The molecule has 0 bridgehead atoms. The largest absolute Gasteiger partial charge is 0.474 e. The molecule has 1 aliphatic heterocycles. The smallest absolute Gasteiger partial charge is 0.241 e. The van der Waals surface area contributed by atoms with Gasteiger partial charge in [-0.2, -0.15) is 4.98 Å². The molecule has 0 spiro atoms. The van der Waals surface area contributed by atoms with Crippen LogP contribution in [0.1, 0.15) is 64.7 Å². The van der Waals surface area contributed by atoms with E-state index < -0.39 is 0 Å². The maximum absolute atomic E-state index is 6.19. The first-order valence-corrected chi connectivity index (χ1v) is 10.4. The normalized spacial score (nSPS) is 24.8. The van der Waals surface area contributed by atoms with Gasteiger partial charge in [-0.15, -0.1) is 0 Å². The third kappa shape index (κ3) is 4.32. The van der Waals surface area contributed by atoms with Crippen LogP contribution >= 0.6 is 0 Å². The number of hydrogen-bond donors (Lipinski definition) is 0. The summed E-state index contributed by atoms with van der Waals surface area (Å²) in [4.78, 5) is 11.5. The lowest BCUT2D eigenvalue weighted by atomic mass is 9.92. The molecule has 0 N–H and O–H groups in total. The van der Waals surface area contributed by atoms with Gasteiger partial charge in [-0.3, -0.25) is 4.90 Å². The molecule has 0 radical (unpaired) electrons. The van der Waals surface area contributed by atoms with Crippen molar-refractivity contribution in [3.05, 3.63) is 24.2 Å². The summed E-state index contributed by atoms with van der Waals surface area (Å²) >= 11 is 0. The predicted molar refractivity (Wildman–Crippen MR) is 103 cm³/mol. The van der Waals surface area contributed by atoms with E-state index in [1.54, 1.807) is 6.20 Å². The Morgan fingerprint density at radius 2 is 2.00 bits per heavy atom. The molecule has 2 atom stereocenters. The van der Waals surface area contributed by atoms with Crippen molar-refractivity contribution in [1.29, 1.82) is 0 Å². The quantitative estimate of drug-likeness (QED) is 0.774. The molecule has 4 rings (SSSR count). The first kappa shape index (κ1) is 18.4. The van der Waals surface area contributed by atoms with E-state index >= 15 is 0 Å². The van der Waals surface area contributed by atoms with Gasteiger partial charge in [0.2, 0.25) is 17.6 Å². The Kier molecular flexibility index (Phi) is 5.72. The average molecular weight is 370 g/mol. The summed E-state index contributed by atoms with van der Waals surface area (Å²) in [6, 6.07) is 4.40. The zero-order valence-electron chi connectivity index (χ0n) is 16.4. The van der Waals surface area contributed by atoms with Crippen LogP contribution in [0.3, 0.4) is 0 Å². The van der Waals surface area contributed by atoms with Crippen molar-refractivity contribution in [3.63, 3.8) is 0 Å². The van der Waals surface area contributed by atoms with Crippen molar-refractivity contribution in [1.82, 2.24) is 20.0 Å². The molecule has 2 fully saturated rings. The van der Waals surface area contributed by atoms with Crippen molar-refractivity contribution in [2.24, 2.45) is 5.92 Å².